The Labute approximate surface area is 340 Å². The second-order valence-electron chi connectivity index (χ2n) is 16.2. The number of amides is 1. The van der Waals surface area contributed by atoms with Gasteiger partial charge in [0.1, 0.15) is 40.4 Å². The summed E-state index contributed by atoms with van der Waals surface area (Å²) in [5, 5.41) is 17.9. The number of esters is 1. The minimum atomic E-state index is -1.90. The third-order valence-electron chi connectivity index (χ3n) is 11.8. The Morgan fingerprint density at radius 3 is 2.61 bits per heavy atom. The van der Waals surface area contributed by atoms with E-state index in [0.717, 1.165) is 25.9 Å². The zero-order valence-electron chi connectivity index (χ0n) is 34.0. The maximum Gasteiger partial charge on any atom is 0.312 e. The first kappa shape index (κ1) is 40.1. The largest absolute Gasteiger partial charge is 0.505 e. The van der Waals surface area contributed by atoms with Crippen molar-refractivity contribution in [2.24, 2.45) is 11.8 Å². The number of Topliss-reactive ketones (excluding diaryl/α,β-unsaturated/α-hetero) is 1. The summed E-state index contributed by atoms with van der Waals surface area (Å²) < 4.78 is 37.2. The van der Waals surface area contributed by atoms with Crippen molar-refractivity contribution in [3.63, 3.8) is 0 Å². The number of aromatic nitrogens is 1. The van der Waals surface area contributed by atoms with Crippen LogP contribution in [0.25, 0.3) is 33.0 Å². The van der Waals surface area contributed by atoms with Crippen LogP contribution in [0, 0.1) is 18.8 Å². The van der Waals surface area contributed by atoms with Crippen molar-refractivity contribution in [2.75, 3.05) is 18.4 Å². The molecule has 0 aliphatic carbocycles. The molecule has 3 N–H and O–H groups in total. The molecule has 0 unspecified atom stereocenters. The average Bonchev–Trinajstić information content (AvgIpc) is 3.72. The van der Waals surface area contributed by atoms with Crippen LogP contribution >= 0.6 is 0 Å². The number of carbonyl (C=O) groups excluding carboxylic acids is 3. The molecule has 2 fully saturated rings. The van der Waals surface area contributed by atoms with Crippen LogP contribution in [0.2, 0.25) is 0 Å². The normalized spacial score (nSPS) is 28.6. The molecule has 59 heavy (non-hydrogen) atoms. The highest BCUT2D eigenvalue weighted by atomic mass is 16.7. The number of piperidine rings is 1. The lowest BCUT2D eigenvalue weighted by molar-refractivity contribution is -0.155. The molecule has 7 bridgehead atoms. The van der Waals surface area contributed by atoms with Crippen LogP contribution in [-0.2, 0) is 23.8 Å². The number of phenolic OH excluding ortho intramolecular Hbond substituents is 1. The van der Waals surface area contributed by atoms with Crippen LogP contribution in [-0.4, -0.2) is 71.0 Å². The molecular weight excluding hydrogens is 759 g/mol. The molecule has 6 heterocycles. The zero-order valence-corrected chi connectivity index (χ0v) is 34.0. The van der Waals surface area contributed by atoms with Gasteiger partial charge in [-0.25, -0.2) is 4.98 Å². The van der Waals surface area contributed by atoms with Crippen molar-refractivity contribution in [3.05, 3.63) is 75.7 Å². The number of hydrogen-bond acceptors (Lipinski definition) is 13. The number of nitrogens with one attached hydrogen (secondary N) is 2. The number of aromatic hydroxyl groups is 1. The Bertz CT molecular complexity index is 2530. The predicted octanol–water partition coefficient (Wildman–Crippen LogP) is 7.06. The summed E-state index contributed by atoms with van der Waals surface area (Å²) in [5.74, 6) is -3.47. The Balaban J connectivity index is 1.29. The van der Waals surface area contributed by atoms with E-state index in [-0.39, 0.29) is 85.7 Å². The molecule has 2 saturated heterocycles. The monoisotopic (exact) mass is 807 g/mol. The number of anilines is 1. The van der Waals surface area contributed by atoms with Crippen molar-refractivity contribution < 1.29 is 47.6 Å². The van der Waals surface area contributed by atoms with Gasteiger partial charge in [-0.05, 0) is 83.2 Å². The fourth-order valence-corrected chi connectivity index (χ4v) is 8.63. The Kier molecular flexibility index (Phi) is 10.7. The second-order valence-corrected chi connectivity index (χ2v) is 16.2. The van der Waals surface area contributed by atoms with Gasteiger partial charge in [0, 0.05) is 42.4 Å². The molecule has 5 aliphatic rings. The van der Waals surface area contributed by atoms with Gasteiger partial charge in [-0.1, -0.05) is 32.1 Å². The minimum Gasteiger partial charge on any atom is -0.505 e. The van der Waals surface area contributed by atoms with E-state index in [1.807, 2.05) is 13.0 Å². The highest BCUT2D eigenvalue weighted by Crippen LogP contribution is 2.48. The maximum atomic E-state index is 14.5. The van der Waals surface area contributed by atoms with E-state index in [9.17, 15) is 24.3 Å². The highest BCUT2D eigenvalue weighted by molar-refractivity contribution is 6.26. The quantitative estimate of drug-likeness (QED) is 0.0828. The predicted molar refractivity (Wildman–Crippen MR) is 220 cm³/mol. The van der Waals surface area contributed by atoms with Gasteiger partial charge in [0.15, 0.2) is 22.3 Å². The standard InChI is InChI=1S/C45H49N3O11/c1-22-10-9-11-23(2)44(53)48-37-39(51)34-33(36-42(37)57-31-21-28(13-14-29(31)47-36)56-27-15-17-46-18-16-27)35-41(25(4)38(34)50)59-45(6,43(35)52)54-19-8-7-12-30(55-26(5)49)32-20-24(3)40(22)58-32/h8-11,13-14,19,21-22,24,27,30,32,40,46,51H,7,12,15-18,20H2,1-6H3,(H,48,53)/b10-9+,19-8+,23-11-/t22-,24-,30+,32+,40-,45-/m0/s1. The summed E-state index contributed by atoms with van der Waals surface area (Å²) >= 11 is 0. The molecule has 9 rings (SSSR count). The van der Waals surface area contributed by atoms with Crippen LogP contribution in [0.1, 0.15) is 82.6 Å². The Hall–Kier alpha value is -5.73. The van der Waals surface area contributed by atoms with Gasteiger partial charge < -0.3 is 43.8 Å². The number of fused-ring (bicyclic) bond motifs is 9. The van der Waals surface area contributed by atoms with E-state index in [1.165, 1.54) is 27.0 Å². The average molecular weight is 808 g/mol. The molecule has 6 atom stereocenters. The van der Waals surface area contributed by atoms with Gasteiger partial charge in [0.25, 0.3) is 11.7 Å². The van der Waals surface area contributed by atoms with Crippen LogP contribution in [0.5, 0.6) is 17.2 Å². The van der Waals surface area contributed by atoms with Crippen LogP contribution in [0.3, 0.4) is 0 Å². The molecule has 310 valence electrons. The SMILES string of the molecule is CC(=O)O[C@@H]1CC/C=C/O[C@@]2(C)Oc3c(C)c(=O)c4c(O)c(c5oc6cc(OC7CCNCC7)ccc6nc5c4c3C2=O)NC(=O)/C(C)=C\C=C\[C@H](C)[C@@H]2O[C@@H]1C[C@@H]2C. The molecule has 0 radical (unpaired) electrons. The van der Waals surface area contributed by atoms with Gasteiger partial charge in [0.05, 0.1) is 29.4 Å². The number of carbonyl (C=O) groups is 3. The maximum absolute atomic E-state index is 14.5. The van der Waals surface area contributed by atoms with Gasteiger partial charge in [-0.2, -0.15) is 0 Å². The fourth-order valence-electron chi connectivity index (χ4n) is 8.63. The number of nitrogens with zero attached hydrogens (tertiary/aromatic N) is 1. The van der Waals surface area contributed by atoms with Crippen molar-refractivity contribution in [1.29, 1.82) is 0 Å². The molecule has 1 amide bonds. The third-order valence-corrected chi connectivity index (χ3v) is 11.8. The number of benzene rings is 3. The summed E-state index contributed by atoms with van der Waals surface area (Å²) in [4.78, 5) is 59.7. The van der Waals surface area contributed by atoms with Crippen LogP contribution in [0.15, 0.2) is 63.6 Å². The van der Waals surface area contributed by atoms with Crippen molar-refractivity contribution >= 4 is 56.3 Å². The second kappa shape index (κ2) is 15.8. The number of rotatable bonds is 3. The van der Waals surface area contributed by atoms with Crippen molar-refractivity contribution in [2.45, 2.75) is 104 Å². The Morgan fingerprint density at radius 2 is 1.85 bits per heavy atom. The fraction of sp³-hybridized carbons (Fsp3) is 0.444. The summed E-state index contributed by atoms with van der Waals surface area (Å²) in [6.07, 6.45) is 10.6. The molecule has 5 aliphatic heterocycles. The van der Waals surface area contributed by atoms with E-state index >= 15 is 0 Å². The molecular formula is C45H49N3O11. The van der Waals surface area contributed by atoms with Crippen molar-refractivity contribution in [3.8, 4) is 17.2 Å². The summed E-state index contributed by atoms with van der Waals surface area (Å²) in [6, 6.07) is 5.19. The van der Waals surface area contributed by atoms with E-state index in [2.05, 4.69) is 17.6 Å². The molecule has 14 heteroatoms. The van der Waals surface area contributed by atoms with Gasteiger partial charge in [0.2, 0.25) is 0 Å². The van der Waals surface area contributed by atoms with Crippen LogP contribution in [0.4, 0.5) is 5.69 Å². The topological polar surface area (TPSA) is 185 Å². The van der Waals surface area contributed by atoms with Gasteiger partial charge >= 0.3 is 11.8 Å². The molecule has 14 nitrogen and oxygen atoms in total. The first-order valence-electron chi connectivity index (χ1n) is 20.3. The molecule has 1 aromatic heterocycles. The summed E-state index contributed by atoms with van der Waals surface area (Å²) in [7, 11) is 0. The smallest absolute Gasteiger partial charge is 0.312 e. The molecule has 0 saturated carbocycles. The van der Waals surface area contributed by atoms with E-state index < -0.39 is 40.7 Å². The zero-order chi connectivity index (χ0) is 41.7. The number of ketones is 1. The first-order chi connectivity index (χ1) is 28.2. The highest BCUT2D eigenvalue weighted by Gasteiger charge is 2.49. The van der Waals surface area contributed by atoms with Gasteiger partial charge in [-0.15, -0.1) is 0 Å². The van der Waals surface area contributed by atoms with Crippen LogP contribution < -0.4 is 25.5 Å². The minimum absolute atomic E-state index is 0.000772. The number of ether oxygens (including phenoxy) is 5. The van der Waals surface area contributed by atoms with Crippen molar-refractivity contribution in [1.82, 2.24) is 10.3 Å². The number of hydrogen-bond donors (Lipinski definition) is 3. The van der Waals surface area contributed by atoms with E-state index in [0.29, 0.717) is 30.5 Å². The lowest BCUT2D eigenvalue weighted by atomic mass is 9.91. The molecule has 0 spiro atoms. The number of allylic oxidation sites excluding steroid dienone is 3. The third kappa shape index (κ3) is 7.44. The van der Waals surface area contributed by atoms with E-state index in [4.69, 9.17) is 33.1 Å². The first-order valence-corrected chi connectivity index (χ1v) is 20.3. The lowest BCUT2D eigenvalue weighted by Gasteiger charge is -2.25. The lowest BCUT2D eigenvalue weighted by Crippen LogP contribution is -2.38. The Morgan fingerprint density at radius 1 is 1.07 bits per heavy atom. The number of phenols is 1. The van der Waals surface area contributed by atoms with E-state index in [1.54, 1.807) is 43.4 Å². The summed E-state index contributed by atoms with van der Waals surface area (Å²) in [5.41, 5.74) is 0.144. The summed E-state index contributed by atoms with van der Waals surface area (Å²) in [6.45, 7) is 11.7. The van der Waals surface area contributed by atoms with Gasteiger partial charge in [-0.3, -0.25) is 19.2 Å². The molecule has 3 aromatic carbocycles. The molecule has 4 aromatic rings.